The number of aliphatic hydroxyl groups is 1. The van der Waals surface area contributed by atoms with Crippen molar-refractivity contribution in [3.63, 3.8) is 0 Å². The van der Waals surface area contributed by atoms with Crippen LogP contribution < -0.4 is 0 Å². The predicted octanol–water partition coefficient (Wildman–Crippen LogP) is 5.69. The van der Waals surface area contributed by atoms with Crippen LogP contribution in [0.5, 0.6) is 0 Å². The summed E-state index contributed by atoms with van der Waals surface area (Å²) in [5.41, 5.74) is 1.78. The number of esters is 3. The first-order valence-corrected chi connectivity index (χ1v) is 11.9. The summed E-state index contributed by atoms with van der Waals surface area (Å²) in [6.07, 6.45) is 0. The summed E-state index contributed by atoms with van der Waals surface area (Å²) < 4.78 is 14.1. The topological polar surface area (TPSA) is 89.9 Å². The number of ether oxygens (including phenoxy) is 2. The lowest BCUT2D eigenvalue weighted by Crippen LogP contribution is -2.33. The molecule has 4 heterocycles. The van der Waals surface area contributed by atoms with E-state index in [1.165, 1.54) is 29.6 Å². The lowest BCUT2D eigenvalue weighted by molar-refractivity contribution is -0.159. The SMILES string of the molecule is CC1(O)OC(=O)c2cc3sc4cc5c6c(cc7sc8cc1c2c1c3c4c6c7c81)C(=O)OC5=O. The summed E-state index contributed by atoms with van der Waals surface area (Å²) in [5, 5.41) is 18.2. The maximum absolute atomic E-state index is 12.9. The molecular formula is C25H8O6S2. The Morgan fingerprint density at radius 2 is 1.09 bits per heavy atom. The van der Waals surface area contributed by atoms with Gasteiger partial charge < -0.3 is 14.6 Å². The van der Waals surface area contributed by atoms with Crippen molar-refractivity contribution in [1.29, 1.82) is 0 Å². The van der Waals surface area contributed by atoms with Crippen LogP contribution in [0.2, 0.25) is 0 Å². The first-order chi connectivity index (χ1) is 15.8. The van der Waals surface area contributed by atoms with Crippen LogP contribution in [0.25, 0.3) is 61.9 Å². The van der Waals surface area contributed by atoms with Crippen LogP contribution >= 0.6 is 22.7 Å². The molecule has 0 saturated carbocycles. The highest BCUT2D eigenvalue weighted by Gasteiger charge is 2.41. The van der Waals surface area contributed by atoms with Crippen LogP contribution in [0, 0.1) is 0 Å². The van der Waals surface area contributed by atoms with Crippen molar-refractivity contribution in [3.05, 3.63) is 46.5 Å². The molecule has 0 aliphatic carbocycles. The van der Waals surface area contributed by atoms with Gasteiger partial charge >= 0.3 is 17.9 Å². The molecule has 5 aromatic carbocycles. The average Bonchev–Trinajstić information content (AvgIpc) is 3.32. The second kappa shape index (κ2) is 4.70. The Morgan fingerprint density at radius 3 is 1.64 bits per heavy atom. The number of carbonyl (C=O) groups excluding carboxylic acids is 3. The fraction of sp³-hybridized carbons (Fsp3) is 0.0800. The van der Waals surface area contributed by atoms with E-state index < -0.39 is 23.7 Å². The second-order valence-corrected chi connectivity index (χ2v) is 11.1. The molecule has 1 unspecified atom stereocenters. The van der Waals surface area contributed by atoms with Gasteiger partial charge in [-0.2, -0.15) is 0 Å². The van der Waals surface area contributed by atoms with Crippen molar-refractivity contribution in [1.82, 2.24) is 0 Å². The molecule has 156 valence electrons. The van der Waals surface area contributed by atoms with Crippen molar-refractivity contribution in [3.8, 4) is 0 Å². The van der Waals surface area contributed by atoms with E-state index in [9.17, 15) is 19.5 Å². The van der Waals surface area contributed by atoms with E-state index in [2.05, 4.69) is 0 Å². The van der Waals surface area contributed by atoms with Gasteiger partial charge in [0, 0.05) is 74.4 Å². The van der Waals surface area contributed by atoms with E-state index in [-0.39, 0.29) is 0 Å². The average molecular weight is 468 g/mol. The van der Waals surface area contributed by atoms with Gasteiger partial charge in [-0.15, -0.1) is 22.7 Å². The van der Waals surface area contributed by atoms with Crippen molar-refractivity contribution in [2.75, 3.05) is 0 Å². The Labute approximate surface area is 190 Å². The van der Waals surface area contributed by atoms with Gasteiger partial charge in [-0.1, -0.05) is 0 Å². The van der Waals surface area contributed by atoms with Crippen LogP contribution in [0.3, 0.4) is 0 Å². The number of carbonyl (C=O) groups is 3. The van der Waals surface area contributed by atoms with Crippen molar-refractivity contribution in [2.24, 2.45) is 0 Å². The fourth-order valence-corrected chi connectivity index (χ4v) is 8.46. The highest BCUT2D eigenvalue weighted by atomic mass is 32.1. The molecule has 0 amide bonds. The molecule has 9 rings (SSSR count). The van der Waals surface area contributed by atoms with Crippen molar-refractivity contribution < 1.29 is 29.0 Å². The first kappa shape index (κ1) is 17.0. The van der Waals surface area contributed by atoms with E-state index in [1.807, 2.05) is 12.1 Å². The van der Waals surface area contributed by atoms with Crippen LogP contribution in [0.1, 0.15) is 43.6 Å². The van der Waals surface area contributed by atoms with Gasteiger partial charge in [0.25, 0.3) is 0 Å². The molecule has 33 heavy (non-hydrogen) atoms. The maximum atomic E-state index is 12.9. The minimum Gasteiger partial charge on any atom is -0.425 e. The van der Waals surface area contributed by atoms with Crippen LogP contribution in [-0.2, 0) is 15.3 Å². The number of benzene rings is 5. The summed E-state index contributed by atoms with van der Waals surface area (Å²) in [7, 11) is 0. The first-order valence-electron chi connectivity index (χ1n) is 10.3. The smallest absolute Gasteiger partial charge is 0.346 e. The Morgan fingerprint density at radius 1 is 0.636 bits per heavy atom. The number of hydrogen-bond acceptors (Lipinski definition) is 8. The number of rotatable bonds is 0. The molecule has 1 N–H and O–H groups in total. The van der Waals surface area contributed by atoms with Crippen LogP contribution in [0.4, 0.5) is 0 Å². The summed E-state index contributed by atoms with van der Waals surface area (Å²) in [6, 6.07) is 7.31. The third kappa shape index (κ3) is 1.60. The molecule has 0 bridgehead atoms. The zero-order valence-electron chi connectivity index (χ0n) is 16.6. The van der Waals surface area contributed by atoms with Gasteiger partial charge in [-0.25, -0.2) is 14.4 Å². The van der Waals surface area contributed by atoms with E-state index >= 15 is 0 Å². The van der Waals surface area contributed by atoms with E-state index in [1.54, 1.807) is 12.1 Å². The summed E-state index contributed by atoms with van der Waals surface area (Å²) in [6.45, 7) is 1.49. The molecule has 1 atom stereocenters. The Kier molecular flexibility index (Phi) is 2.41. The monoisotopic (exact) mass is 468 g/mol. The van der Waals surface area contributed by atoms with E-state index in [0.717, 1.165) is 51.1 Å². The van der Waals surface area contributed by atoms with Crippen LogP contribution in [-0.4, -0.2) is 23.0 Å². The van der Waals surface area contributed by atoms with E-state index in [4.69, 9.17) is 9.47 Å². The zero-order valence-corrected chi connectivity index (χ0v) is 18.2. The molecule has 0 fully saturated rings. The Balaban J connectivity index is 1.73. The quantitative estimate of drug-likeness (QED) is 0.133. The molecule has 0 radical (unpaired) electrons. The third-order valence-corrected chi connectivity index (χ3v) is 9.41. The Bertz CT molecular complexity index is 2090. The molecule has 6 nitrogen and oxygen atoms in total. The molecular weight excluding hydrogens is 460 g/mol. The van der Waals surface area contributed by atoms with Crippen molar-refractivity contribution in [2.45, 2.75) is 12.7 Å². The normalized spacial score (nSPS) is 20.6. The van der Waals surface area contributed by atoms with Gasteiger partial charge in [0.2, 0.25) is 5.79 Å². The lowest BCUT2D eigenvalue weighted by atomic mass is 9.82. The van der Waals surface area contributed by atoms with Gasteiger partial charge in [0.15, 0.2) is 0 Å². The minimum atomic E-state index is -1.75. The molecule has 0 saturated heterocycles. The summed E-state index contributed by atoms with van der Waals surface area (Å²) in [5.74, 6) is -3.58. The van der Waals surface area contributed by atoms with Gasteiger partial charge in [-0.05, 0) is 24.3 Å². The molecule has 2 aromatic heterocycles. The maximum Gasteiger partial charge on any atom is 0.346 e. The summed E-state index contributed by atoms with van der Waals surface area (Å²) in [4.78, 5) is 38.3. The molecule has 7 aromatic rings. The zero-order chi connectivity index (χ0) is 22.1. The van der Waals surface area contributed by atoms with Crippen molar-refractivity contribution >= 4 is 102 Å². The molecule has 0 spiro atoms. The molecule has 8 heteroatoms. The number of thiophene rings is 2. The predicted molar refractivity (Wildman–Crippen MR) is 126 cm³/mol. The largest absolute Gasteiger partial charge is 0.425 e. The second-order valence-electron chi connectivity index (χ2n) is 8.94. The number of hydrogen-bond donors (Lipinski definition) is 1. The standard InChI is InChI=1S/C25H8O6S2/c1-25(29)9-5-13-19-17-11(33-13)3-7-14-6(22(26)30-23(7)27)2-10-16(20(14)17)18-12(32-10)4-8(24(28)31-25)15(9)21(18)19/h2-5,29H,1H3. The van der Waals surface area contributed by atoms with Gasteiger partial charge in [0.05, 0.1) is 16.7 Å². The van der Waals surface area contributed by atoms with Crippen LogP contribution in [0.15, 0.2) is 24.3 Å². The fourth-order valence-electron chi connectivity index (χ4n) is 6.06. The highest BCUT2D eigenvalue weighted by Crippen LogP contribution is 2.57. The molecule has 2 aliphatic heterocycles. The lowest BCUT2D eigenvalue weighted by Gasteiger charge is -2.31. The summed E-state index contributed by atoms with van der Waals surface area (Å²) >= 11 is 3.01. The van der Waals surface area contributed by atoms with E-state index in [0.29, 0.717) is 33.0 Å². The number of cyclic esters (lactones) is 3. The minimum absolute atomic E-state index is 0.392. The van der Waals surface area contributed by atoms with Gasteiger partial charge in [-0.3, -0.25) is 0 Å². The highest BCUT2D eigenvalue weighted by molar-refractivity contribution is 7.27. The molecule has 2 aliphatic rings. The van der Waals surface area contributed by atoms with Gasteiger partial charge in [0.1, 0.15) is 0 Å². The Hall–Kier alpha value is -3.59. The third-order valence-electron chi connectivity index (χ3n) is 7.24.